The van der Waals surface area contributed by atoms with Crippen LogP contribution in [0.3, 0.4) is 0 Å². The third kappa shape index (κ3) is 4.37. The van der Waals surface area contributed by atoms with Crippen molar-refractivity contribution in [2.45, 2.75) is 6.18 Å². The van der Waals surface area contributed by atoms with Crippen LogP contribution in [0.2, 0.25) is 0 Å². The smallest absolute Gasteiger partial charge is 0.321 e. The second kappa shape index (κ2) is 4.13. The minimum absolute atomic E-state index is 0.603. The second-order valence-corrected chi connectivity index (χ2v) is 2.46. The van der Waals surface area contributed by atoms with Crippen molar-refractivity contribution in [3.63, 3.8) is 0 Å². The molecule has 0 unspecified atom stereocenters. The molecule has 13 heavy (non-hydrogen) atoms. The molecule has 5 heteroatoms. The molecule has 0 saturated carbocycles. The molecule has 0 bridgehead atoms. The highest BCUT2D eigenvalue weighted by Crippen LogP contribution is 2.12. The number of rotatable bonds is 3. The molecule has 1 aromatic carbocycles. The SMILES string of the molecule is FC(F)(F)CNNc1ccccc1. The lowest BCUT2D eigenvalue weighted by Gasteiger charge is -2.09. The van der Waals surface area contributed by atoms with Crippen molar-refractivity contribution in [3.8, 4) is 0 Å². The summed E-state index contributed by atoms with van der Waals surface area (Å²) >= 11 is 0. The lowest BCUT2D eigenvalue weighted by molar-refractivity contribution is -0.123. The Bertz CT molecular complexity index is 245. The van der Waals surface area contributed by atoms with Crippen LogP contribution in [0.1, 0.15) is 0 Å². The van der Waals surface area contributed by atoms with Crippen LogP contribution in [0.25, 0.3) is 0 Å². The van der Waals surface area contributed by atoms with Gasteiger partial charge in [-0.05, 0) is 12.1 Å². The fourth-order valence-corrected chi connectivity index (χ4v) is 0.768. The van der Waals surface area contributed by atoms with Gasteiger partial charge in [-0.3, -0.25) is 0 Å². The number of para-hydroxylation sites is 1. The number of hydrogen-bond donors (Lipinski definition) is 2. The molecule has 72 valence electrons. The Morgan fingerprint density at radius 2 is 1.69 bits per heavy atom. The van der Waals surface area contributed by atoms with E-state index in [-0.39, 0.29) is 0 Å². The van der Waals surface area contributed by atoms with Crippen LogP contribution in [0, 0.1) is 0 Å². The molecule has 0 aliphatic heterocycles. The van der Waals surface area contributed by atoms with E-state index in [1.807, 2.05) is 0 Å². The van der Waals surface area contributed by atoms with Crippen LogP contribution in [0.5, 0.6) is 0 Å². The highest BCUT2D eigenvalue weighted by atomic mass is 19.4. The van der Waals surface area contributed by atoms with Crippen LogP contribution in [-0.4, -0.2) is 12.7 Å². The van der Waals surface area contributed by atoms with E-state index in [1.165, 1.54) is 0 Å². The van der Waals surface area contributed by atoms with Crippen LogP contribution >= 0.6 is 0 Å². The van der Waals surface area contributed by atoms with Crippen molar-refractivity contribution in [2.24, 2.45) is 0 Å². The summed E-state index contributed by atoms with van der Waals surface area (Å²) in [6, 6.07) is 8.59. The number of alkyl halides is 3. The van der Waals surface area contributed by atoms with Gasteiger partial charge in [0.05, 0.1) is 0 Å². The summed E-state index contributed by atoms with van der Waals surface area (Å²) < 4.78 is 35.0. The van der Waals surface area contributed by atoms with Crippen molar-refractivity contribution < 1.29 is 13.2 Å². The van der Waals surface area contributed by atoms with Gasteiger partial charge in [0.15, 0.2) is 0 Å². The van der Waals surface area contributed by atoms with Gasteiger partial charge in [0, 0.05) is 5.69 Å². The van der Waals surface area contributed by atoms with Crippen molar-refractivity contribution in [1.29, 1.82) is 0 Å². The maximum absolute atomic E-state index is 11.7. The lowest BCUT2D eigenvalue weighted by Crippen LogP contribution is -2.32. The Hall–Kier alpha value is -1.23. The summed E-state index contributed by atoms with van der Waals surface area (Å²) in [5.41, 5.74) is 5.10. The molecule has 1 aromatic rings. The molecule has 0 heterocycles. The van der Waals surface area contributed by atoms with E-state index < -0.39 is 12.7 Å². The van der Waals surface area contributed by atoms with Gasteiger partial charge in [-0.15, -0.1) is 0 Å². The van der Waals surface area contributed by atoms with Crippen LogP contribution in [0.15, 0.2) is 30.3 Å². The van der Waals surface area contributed by atoms with E-state index in [4.69, 9.17) is 0 Å². The zero-order valence-electron chi connectivity index (χ0n) is 6.73. The molecule has 0 aliphatic rings. The fraction of sp³-hybridized carbons (Fsp3) is 0.250. The summed E-state index contributed by atoms with van der Waals surface area (Å²) in [6.45, 7) is -1.05. The molecule has 0 spiro atoms. The fourth-order valence-electron chi connectivity index (χ4n) is 0.768. The molecule has 0 fully saturated rings. The van der Waals surface area contributed by atoms with Crippen LogP contribution in [-0.2, 0) is 0 Å². The average molecular weight is 190 g/mol. The Morgan fingerprint density at radius 3 is 2.23 bits per heavy atom. The van der Waals surface area contributed by atoms with Gasteiger partial charge in [0.2, 0.25) is 0 Å². The maximum atomic E-state index is 11.7. The average Bonchev–Trinajstić information content (AvgIpc) is 2.04. The molecule has 0 aromatic heterocycles. The summed E-state index contributed by atoms with van der Waals surface area (Å²) in [5.74, 6) is 0. The Kier molecular flexibility index (Phi) is 3.13. The number of halogens is 3. The number of hydrazine groups is 1. The maximum Gasteiger partial charge on any atom is 0.402 e. The molecule has 0 atom stereocenters. The van der Waals surface area contributed by atoms with Crippen molar-refractivity contribution in [3.05, 3.63) is 30.3 Å². The quantitative estimate of drug-likeness (QED) is 0.714. The van der Waals surface area contributed by atoms with E-state index in [1.54, 1.807) is 30.3 Å². The van der Waals surface area contributed by atoms with Gasteiger partial charge in [-0.25, -0.2) is 5.43 Å². The normalized spacial score (nSPS) is 11.3. The first-order chi connectivity index (χ1) is 6.08. The molecule has 0 aliphatic carbocycles. The molecule has 1 rings (SSSR count). The third-order valence-electron chi connectivity index (χ3n) is 1.30. The van der Waals surface area contributed by atoms with E-state index in [0.29, 0.717) is 5.69 Å². The third-order valence-corrected chi connectivity index (χ3v) is 1.30. The molecule has 0 amide bonds. The topological polar surface area (TPSA) is 24.1 Å². The molecular formula is C8H9F3N2. The zero-order chi connectivity index (χ0) is 9.73. The monoisotopic (exact) mass is 190 g/mol. The van der Waals surface area contributed by atoms with Crippen LogP contribution in [0.4, 0.5) is 18.9 Å². The predicted octanol–water partition coefficient (Wildman–Crippen LogP) is 2.17. The minimum atomic E-state index is -4.19. The van der Waals surface area contributed by atoms with E-state index in [0.717, 1.165) is 0 Å². The second-order valence-electron chi connectivity index (χ2n) is 2.46. The van der Waals surface area contributed by atoms with Crippen LogP contribution < -0.4 is 10.9 Å². The van der Waals surface area contributed by atoms with Crippen molar-refractivity contribution in [1.82, 2.24) is 5.43 Å². The first-order valence-corrected chi connectivity index (χ1v) is 3.68. The molecule has 2 nitrogen and oxygen atoms in total. The molecule has 2 N–H and O–H groups in total. The largest absolute Gasteiger partial charge is 0.402 e. The van der Waals surface area contributed by atoms with Gasteiger partial charge < -0.3 is 5.43 Å². The zero-order valence-corrected chi connectivity index (χ0v) is 6.73. The van der Waals surface area contributed by atoms with Crippen molar-refractivity contribution in [2.75, 3.05) is 12.0 Å². The van der Waals surface area contributed by atoms with Gasteiger partial charge >= 0.3 is 6.18 Å². The number of nitrogens with one attached hydrogen (secondary N) is 2. The molecular weight excluding hydrogens is 181 g/mol. The summed E-state index contributed by atoms with van der Waals surface area (Å²) in [7, 11) is 0. The van der Waals surface area contributed by atoms with Gasteiger partial charge in [-0.1, -0.05) is 18.2 Å². The standard InChI is InChI=1S/C8H9F3N2/c9-8(10,11)6-12-13-7-4-2-1-3-5-7/h1-5,12-13H,6H2. The Balaban J connectivity index is 2.29. The first-order valence-electron chi connectivity index (χ1n) is 3.68. The summed E-state index contributed by atoms with van der Waals surface area (Å²) in [4.78, 5) is 0. The molecule has 0 radical (unpaired) electrons. The Morgan fingerprint density at radius 1 is 1.08 bits per heavy atom. The number of benzene rings is 1. The number of hydrogen-bond acceptors (Lipinski definition) is 2. The van der Waals surface area contributed by atoms with Gasteiger partial charge in [-0.2, -0.15) is 13.2 Å². The first kappa shape index (κ1) is 9.85. The van der Waals surface area contributed by atoms with Gasteiger partial charge in [0.1, 0.15) is 6.54 Å². The van der Waals surface area contributed by atoms with Crippen molar-refractivity contribution >= 4 is 5.69 Å². The lowest BCUT2D eigenvalue weighted by atomic mass is 10.3. The highest BCUT2D eigenvalue weighted by molar-refractivity contribution is 5.41. The highest BCUT2D eigenvalue weighted by Gasteiger charge is 2.26. The van der Waals surface area contributed by atoms with E-state index in [2.05, 4.69) is 10.9 Å². The van der Waals surface area contributed by atoms with E-state index >= 15 is 0 Å². The van der Waals surface area contributed by atoms with E-state index in [9.17, 15) is 13.2 Å². The minimum Gasteiger partial charge on any atom is -0.321 e. The Labute approximate surface area is 73.7 Å². The molecule has 0 saturated heterocycles. The van der Waals surface area contributed by atoms with Gasteiger partial charge in [0.25, 0.3) is 0 Å². The number of anilines is 1. The summed E-state index contributed by atoms with van der Waals surface area (Å²) in [5, 5.41) is 0. The predicted molar refractivity (Wildman–Crippen MR) is 44.1 cm³/mol. The summed E-state index contributed by atoms with van der Waals surface area (Å²) in [6.07, 6.45) is -4.19.